The van der Waals surface area contributed by atoms with Gasteiger partial charge in [0.05, 0.1) is 27.8 Å². The summed E-state index contributed by atoms with van der Waals surface area (Å²) in [5.41, 5.74) is 3.67. The molecule has 2 rings (SSSR count). The number of anilines is 2. The van der Waals surface area contributed by atoms with E-state index in [9.17, 15) is 0 Å². The van der Waals surface area contributed by atoms with Crippen LogP contribution in [0.5, 0.6) is 0 Å². The van der Waals surface area contributed by atoms with E-state index < -0.39 is 0 Å². The fourth-order valence-corrected chi connectivity index (χ4v) is 2.81. The van der Waals surface area contributed by atoms with Gasteiger partial charge in [0.25, 0.3) is 0 Å². The molecule has 128 valence electrons. The highest BCUT2D eigenvalue weighted by molar-refractivity contribution is 6.36. The number of rotatable bonds is 5. The maximum atomic E-state index is 6.61. The van der Waals surface area contributed by atoms with Crippen LogP contribution in [0.1, 0.15) is 18.1 Å². The molecule has 4 nitrogen and oxygen atoms in total. The van der Waals surface area contributed by atoms with E-state index in [1.807, 2.05) is 55.9 Å². The monoisotopic (exact) mass is 364 g/mol. The number of hydrogen-bond donors (Lipinski definition) is 0. The minimum absolute atomic E-state index is 0.597. The van der Waals surface area contributed by atoms with Gasteiger partial charge < -0.3 is 9.80 Å². The number of hydrogen-bond acceptors (Lipinski definition) is 3. The topological polar surface area (TPSA) is 31.7 Å². The molecule has 0 spiro atoms. The highest BCUT2D eigenvalue weighted by atomic mass is 35.5. The lowest BCUT2D eigenvalue weighted by Gasteiger charge is -2.23. The number of aliphatic imine (C=N–C) groups is 1. The van der Waals surface area contributed by atoms with Gasteiger partial charge >= 0.3 is 0 Å². The van der Waals surface area contributed by atoms with Gasteiger partial charge in [-0.15, -0.1) is 0 Å². The maximum absolute atomic E-state index is 6.61. The molecule has 0 aliphatic carbocycles. The second-order valence-electron chi connectivity index (χ2n) is 5.79. The third-order valence-electron chi connectivity index (χ3n) is 3.77. The summed E-state index contributed by atoms with van der Waals surface area (Å²) in [5.74, 6) is 0.813. The standard InChI is InChI=1S/C18H22Cl2N4/c1-6-23(4)11-22-15-7-12(2)8-16(17(15)20)24(5)18-13(3)9-14(19)10-21-18/h7-11H,6H2,1-5H3. The first kappa shape index (κ1) is 18.6. The van der Waals surface area contributed by atoms with Crippen LogP contribution in [0.4, 0.5) is 17.2 Å². The van der Waals surface area contributed by atoms with Gasteiger partial charge in [0.15, 0.2) is 0 Å². The van der Waals surface area contributed by atoms with Crippen LogP contribution < -0.4 is 4.90 Å². The van der Waals surface area contributed by atoms with Crippen LogP contribution in [0.3, 0.4) is 0 Å². The second-order valence-corrected chi connectivity index (χ2v) is 6.60. The Labute approximate surface area is 153 Å². The summed E-state index contributed by atoms with van der Waals surface area (Å²) in [7, 11) is 3.91. The lowest BCUT2D eigenvalue weighted by Crippen LogP contribution is -2.15. The number of aromatic nitrogens is 1. The fourth-order valence-electron chi connectivity index (χ4n) is 2.31. The second kappa shape index (κ2) is 7.86. The van der Waals surface area contributed by atoms with Crippen LogP contribution in [-0.4, -0.2) is 36.9 Å². The largest absolute Gasteiger partial charge is 0.366 e. The van der Waals surface area contributed by atoms with Crippen LogP contribution in [-0.2, 0) is 0 Å². The van der Waals surface area contributed by atoms with Gasteiger partial charge in [-0.2, -0.15) is 0 Å². The third kappa shape index (κ3) is 4.19. The van der Waals surface area contributed by atoms with Crippen molar-refractivity contribution >= 4 is 46.7 Å². The fraction of sp³-hybridized carbons (Fsp3) is 0.333. The lowest BCUT2D eigenvalue weighted by atomic mass is 10.1. The molecule has 0 saturated carbocycles. The molecule has 6 heteroatoms. The van der Waals surface area contributed by atoms with E-state index in [2.05, 4.69) is 16.9 Å². The number of aryl methyl sites for hydroxylation is 2. The molecule has 0 radical (unpaired) electrons. The summed E-state index contributed by atoms with van der Waals surface area (Å²) in [6, 6.07) is 5.89. The minimum Gasteiger partial charge on any atom is -0.366 e. The van der Waals surface area contributed by atoms with E-state index in [1.165, 1.54) is 0 Å². The Morgan fingerprint density at radius 3 is 2.50 bits per heavy atom. The molecular weight excluding hydrogens is 343 g/mol. The third-order valence-corrected chi connectivity index (χ3v) is 4.36. The predicted molar refractivity (Wildman–Crippen MR) is 105 cm³/mol. The molecule has 0 aliphatic rings. The van der Waals surface area contributed by atoms with Crippen LogP contribution in [0.2, 0.25) is 10.0 Å². The van der Waals surface area contributed by atoms with Gasteiger partial charge in [-0.25, -0.2) is 9.98 Å². The summed E-state index contributed by atoms with van der Waals surface area (Å²) in [6.45, 7) is 6.95. The van der Waals surface area contributed by atoms with Gasteiger partial charge in [-0.1, -0.05) is 23.2 Å². The number of nitrogens with zero attached hydrogens (tertiary/aromatic N) is 4. The van der Waals surface area contributed by atoms with Crippen molar-refractivity contribution in [3.63, 3.8) is 0 Å². The summed E-state index contributed by atoms with van der Waals surface area (Å²) in [6.07, 6.45) is 3.43. The maximum Gasteiger partial charge on any atom is 0.135 e. The van der Waals surface area contributed by atoms with E-state index in [0.717, 1.165) is 34.9 Å². The quantitative estimate of drug-likeness (QED) is 0.526. The van der Waals surface area contributed by atoms with E-state index in [1.54, 1.807) is 12.5 Å². The van der Waals surface area contributed by atoms with Crippen molar-refractivity contribution in [2.45, 2.75) is 20.8 Å². The molecule has 1 aromatic heterocycles. The van der Waals surface area contributed by atoms with Gasteiger partial charge in [-0.3, -0.25) is 0 Å². The number of pyridine rings is 1. The first-order valence-electron chi connectivity index (χ1n) is 7.74. The molecule has 0 aliphatic heterocycles. The van der Waals surface area contributed by atoms with Crippen LogP contribution in [0, 0.1) is 13.8 Å². The van der Waals surface area contributed by atoms with E-state index in [4.69, 9.17) is 23.2 Å². The Bertz CT molecular complexity index is 759. The Morgan fingerprint density at radius 2 is 1.88 bits per heavy atom. The van der Waals surface area contributed by atoms with Gasteiger partial charge in [-0.05, 0) is 50.1 Å². The van der Waals surface area contributed by atoms with Crippen LogP contribution in [0.15, 0.2) is 29.4 Å². The number of benzene rings is 1. The molecular formula is C18H22Cl2N4. The van der Waals surface area contributed by atoms with Crippen LogP contribution in [0.25, 0.3) is 0 Å². The SMILES string of the molecule is CCN(C)C=Nc1cc(C)cc(N(C)c2ncc(Cl)cc2C)c1Cl. The molecule has 0 amide bonds. The van der Waals surface area contributed by atoms with Crippen molar-refractivity contribution in [2.75, 3.05) is 25.5 Å². The molecule has 2 aromatic rings. The van der Waals surface area contributed by atoms with Gasteiger partial charge in [0.2, 0.25) is 0 Å². The average molecular weight is 365 g/mol. The normalized spacial score (nSPS) is 11.1. The predicted octanol–water partition coefficient (Wildman–Crippen LogP) is 5.38. The molecule has 0 N–H and O–H groups in total. The van der Waals surface area contributed by atoms with Crippen molar-refractivity contribution in [1.29, 1.82) is 0 Å². The highest BCUT2D eigenvalue weighted by Crippen LogP contribution is 2.38. The summed E-state index contributed by atoms with van der Waals surface area (Å²) < 4.78 is 0. The van der Waals surface area contributed by atoms with Crippen molar-refractivity contribution in [3.05, 3.63) is 45.6 Å². The minimum atomic E-state index is 0.597. The Morgan fingerprint density at radius 1 is 1.17 bits per heavy atom. The number of halogens is 2. The molecule has 1 aromatic carbocycles. The zero-order valence-corrected chi connectivity index (χ0v) is 16.2. The first-order chi connectivity index (χ1) is 11.3. The van der Waals surface area contributed by atoms with E-state index in [0.29, 0.717) is 10.0 Å². The molecule has 24 heavy (non-hydrogen) atoms. The first-order valence-corrected chi connectivity index (χ1v) is 8.49. The van der Waals surface area contributed by atoms with Crippen LogP contribution >= 0.6 is 23.2 Å². The molecule has 0 bridgehead atoms. The van der Waals surface area contributed by atoms with E-state index in [-0.39, 0.29) is 0 Å². The summed E-state index contributed by atoms with van der Waals surface area (Å²) >= 11 is 12.6. The van der Waals surface area contributed by atoms with Gasteiger partial charge in [0.1, 0.15) is 5.82 Å². The molecule has 0 unspecified atom stereocenters. The zero-order valence-electron chi connectivity index (χ0n) is 14.6. The Kier molecular flexibility index (Phi) is 6.08. The highest BCUT2D eigenvalue weighted by Gasteiger charge is 2.15. The Hall–Kier alpha value is -1.78. The van der Waals surface area contributed by atoms with Crippen molar-refractivity contribution in [2.24, 2.45) is 4.99 Å². The van der Waals surface area contributed by atoms with E-state index >= 15 is 0 Å². The average Bonchev–Trinajstić information content (AvgIpc) is 2.54. The van der Waals surface area contributed by atoms with Crippen molar-refractivity contribution in [3.8, 4) is 0 Å². The molecule has 0 saturated heterocycles. The van der Waals surface area contributed by atoms with Gasteiger partial charge in [0, 0.05) is 26.8 Å². The zero-order chi connectivity index (χ0) is 17.9. The molecule has 1 heterocycles. The smallest absolute Gasteiger partial charge is 0.135 e. The Balaban J connectivity index is 2.46. The van der Waals surface area contributed by atoms with Crippen molar-refractivity contribution < 1.29 is 0 Å². The molecule has 0 fully saturated rings. The summed E-state index contributed by atoms with van der Waals surface area (Å²) in [5, 5.41) is 1.22. The molecule has 0 atom stereocenters. The lowest BCUT2D eigenvalue weighted by molar-refractivity contribution is 0.552. The summed E-state index contributed by atoms with van der Waals surface area (Å²) in [4.78, 5) is 12.9. The van der Waals surface area contributed by atoms with Crippen molar-refractivity contribution in [1.82, 2.24) is 9.88 Å².